The second-order valence-electron chi connectivity index (χ2n) is 4.60. The van der Waals surface area contributed by atoms with E-state index in [0.717, 1.165) is 5.69 Å². The van der Waals surface area contributed by atoms with Gasteiger partial charge in [-0.25, -0.2) is 0 Å². The maximum Gasteiger partial charge on any atom is 0.257 e. The monoisotopic (exact) mass is 289 g/mol. The molecule has 2 rings (SSSR count). The minimum atomic E-state index is -0.257. The number of nitrogens with two attached hydrogens (primary N) is 1. The first-order valence-electron chi connectivity index (χ1n) is 6.12. The highest BCUT2D eigenvalue weighted by atomic mass is 35.5. The van der Waals surface area contributed by atoms with Gasteiger partial charge in [0.25, 0.3) is 5.91 Å². The maximum absolute atomic E-state index is 12.1. The van der Waals surface area contributed by atoms with Gasteiger partial charge in [-0.15, -0.1) is 0 Å². The molecular weight excluding hydrogens is 274 g/mol. The lowest BCUT2D eigenvalue weighted by atomic mass is 10.2. The Morgan fingerprint density at radius 1 is 1.20 bits per heavy atom. The molecule has 2 aromatic rings. The molecule has 3 N–H and O–H groups in total. The third kappa shape index (κ3) is 3.03. The fourth-order valence-electron chi connectivity index (χ4n) is 1.88. The number of hydrogen-bond acceptors (Lipinski definition) is 3. The average Bonchev–Trinajstić information content (AvgIpc) is 2.38. The Labute approximate surface area is 123 Å². The van der Waals surface area contributed by atoms with Crippen LogP contribution in [-0.2, 0) is 0 Å². The molecule has 0 aliphatic rings. The third-order valence-electron chi connectivity index (χ3n) is 2.89. The van der Waals surface area contributed by atoms with Crippen LogP contribution in [0, 0.1) is 0 Å². The van der Waals surface area contributed by atoms with Gasteiger partial charge < -0.3 is 16.0 Å². The van der Waals surface area contributed by atoms with Gasteiger partial charge in [-0.2, -0.15) is 0 Å². The summed E-state index contributed by atoms with van der Waals surface area (Å²) in [6.45, 7) is 0. The van der Waals surface area contributed by atoms with Crippen molar-refractivity contribution in [2.75, 3.05) is 30.0 Å². The van der Waals surface area contributed by atoms with Crippen molar-refractivity contribution >= 4 is 34.6 Å². The summed E-state index contributed by atoms with van der Waals surface area (Å²) in [7, 11) is 3.82. The fourth-order valence-corrected chi connectivity index (χ4v) is 2.10. The molecule has 0 aliphatic carbocycles. The second kappa shape index (κ2) is 5.84. The molecule has 0 heterocycles. The second-order valence-corrected chi connectivity index (χ2v) is 5.01. The molecule has 0 saturated carbocycles. The van der Waals surface area contributed by atoms with Crippen molar-refractivity contribution < 1.29 is 4.79 Å². The maximum atomic E-state index is 12.1. The molecule has 1 amide bonds. The number of benzene rings is 2. The Morgan fingerprint density at radius 2 is 1.90 bits per heavy atom. The van der Waals surface area contributed by atoms with Crippen LogP contribution >= 0.6 is 11.6 Å². The smallest absolute Gasteiger partial charge is 0.257 e. The Balaban J connectivity index is 2.21. The van der Waals surface area contributed by atoms with Crippen molar-refractivity contribution in [3.63, 3.8) is 0 Å². The molecule has 0 spiro atoms. The van der Waals surface area contributed by atoms with Crippen molar-refractivity contribution in [1.82, 2.24) is 0 Å². The molecule has 0 aromatic heterocycles. The van der Waals surface area contributed by atoms with E-state index in [2.05, 4.69) is 5.32 Å². The molecule has 104 valence electrons. The minimum absolute atomic E-state index is 0.257. The Bertz CT molecular complexity index is 641. The van der Waals surface area contributed by atoms with Crippen molar-refractivity contribution in [2.45, 2.75) is 0 Å². The van der Waals surface area contributed by atoms with Gasteiger partial charge in [0, 0.05) is 19.8 Å². The van der Waals surface area contributed by atoms with Gasteiger partial charge >= 0.3 is 0 Å². The highest BCUT2D eigenvalue weighted by Gasteiger charge is 2.10. The van der Waals surface area contributed by atoms with Crippen LogP contribution < -0.4 is 16.0 Å². The first-order chi connectivity index (χ1) is 9.49. The zero-order chi connectivity index (χ0) is 14.7. The summed E-state index contributed by atoms with van der Waals surface area (Å²) in [4.78, 5) is 14.0. The predicted octanol–water partition coefficient (Wildman–Crippen LogP) is 3.24. The van der Waals surface area contributed by atoms with E-state index >= 15 is 0 Å². The van der Waals surface area contributed by atoms with Gasteiger partial charge in [-0.05, 0) is 30.3 Å². The summed E-state index contributed by atoms with van der Waals surface area (Å²) in [5.41, 5.74) is 8.53. The Kier molecular flexibility index (Phi) is 4.15. The highest BCUT2D eigenvalue weighted by molar-refractivity contribution is 6.34. The van der Waals surface area contributed by atoms with Crippen molar-refractivity contribution in [3.8, 4) is 0 Å². The molecule has 0 fully saturated rings. The molecule has 20 heavy (non-hydrogen) atoms. The molecule has 5 heteroatoms. The van der Waals surface area contributed by atoms with E-state index in [1.807, 2.05) is 25.1 Å². The van der Waals surface area contributed by atoms with Gasteiger partial charge in [0.2, 0.25) is 0 Å². The number of nitrogen functional groups attached to an aromatic ring is 1. The summed E-state index contributed by atoms with van der Waals surface area (Å²) in [6, 6.07) is 12.3. The van der Waals surface area contributed by atoms with Gasteiger partial charge in [0.05, 0.1) is 22.0 Å². The van der Waals surface area contributed by atoms with Gasteiger partial charge in [0.1, 0.15) is 0 Å². The lowest BCUT2D eigenvalue weighted by Crippen LogP contribution is -2.14. The number of amides is 1. The molecule has 0 unspecified atom stereocenters. The van der Waals surface area contributed by atoms with E-state index in [1.54, 1.807) is 36.4 Å². The molecule has 4 nitrogen and oxygen atoms in total. The number of hydrogen-bond donors (Lipinski definition) is 2. The summed E-state index contributed by atoms with van der Waals surface area (Å²) < 4.78 is 0. The number of anilines is 3. The number of carbonyl (C=O) groups excluding carboxylic acids is 1. The van der Waals surface area contributed by atoms with Gasteiger partial charge in [0.15, 0.2) is 0 Å². The largest absolute Gasteiger partial charge is 0.397 e. The number of nitrogens with one attached hydrogen (secondary N) is 1. The van der Waals surface area contributed by atoms with E-state index in [-0.39, 0.29) is 5.91 Å². The molecule has 0 aliphatic heterocycles. The summed E-state index contributed by atoms with van der Waals surface area (Å²) in [5, 5.41) is 3.20. The molecule has 0 saturated heterocycles. The number of rotatable bonds is 3. The summed E-state index contributed by atoms with van der Waals surface area (Å²) in [5.74, 6) is -0.257. The van der Waals surface area contributed by atoms with E-state index in [1.165, 1.54) is 0 Å². The Morgan fingerprint density at radius 3 is 2.50 bits per heavy atom. The summed E-state index contributed by atoms with van der Waals surface area (Å²) >= 11 is 5.99. The SMILES string of the molecule is CN(C)c1ccc(NC(=O)c2ccccc2Cl)cc1N. The first kappa shape index (κ1) is 14.2. The van der Waals surface area contributed by atoms with Gasteiger partial charge in [-0.3, -0.25) is 4.79 Å². The average molecular weight is 290 g/mol. The van der Waals surface area contributed by atoms with Crippen molar-refractivity contribution in [3.05, 3.63) is 53.1 Å². The standard InChI is InChI=1S/C15H16ClN3O/c1-19(2)14-8-7-10(9-13(14)17)18-15(20)11-5-3-4-6-12(11)16/h3-9H,17H2,1-2H3,(H,18,20). The topological polar surface area (TPSA) is 58.4 Å². The molecule has 0 bridgehead atoms. The van der Waals surface area contributed by atoms with E-state index in [0.29, 0.717) is 22.0 Å². The predicted molar refractivity (Wildman–Crippen MR) is 84.6 cm³/mol. The van der Waals surface area contributed by atoms with Crippen LogP contribution in [0.25, 0.3) is 0 Å². The fraction of sp³-hybridized carbons (Fsp3) is 0.133. The van der Waals surface area contributed by atoms with Crippen LogP contribution in [0.4, 0.5) is 17.1 Å². The van der Waals surface area contributed by atoms with E-state index in [4.69, 9.17) is 17.3 Å². The normalized spacial score (nSPS) is 10.2. The van der Waals surface area contributed by atoms with Crippen LogP contribution in [0.3, 0.4) is 0 Å². The highest BCUT2D eigenvalue weighted by Crippen LogP contribution is 2.25. The molecular formula is C15H16ClN3O. The number of halogens is 1. The zero-order valence-electron chi connectivity index (χ0n) is 11.4. The van der Waals surface area contributed by atoms with Crippen LogP contribution in [0.2, 0.25) is 5.02 Å². The number of nitrogens with zero attached hydrogens (tertiary/aromatic N) is 1. The number of carbonyl (C=O) groups is 1. The molecule has 2 aromatic carbocycles. The first-order valence-corrected chi connectivity index (χ1v) is 6.49. The minimum Gasteiger partial charge on any atom is -0.397 e. The molecule has 0 atom stereocenters. The van der Waals surface area contributed by atoms with Crippen LogP contribution in [0.1, 0.15) is 10.4 Å². The van der Waals surface area contributed by atoms with Crippen LogP contribution in [0.15, 0.2) is 42.5 Å². The summed E-state index contributed by atoms with van der Waals surface area (Å²) in [6.07, 6.45) is 0. The molecule has 0 radical (unpaired) electrons. The quantitative estimate of drug-likeness (QED) is 0.853. The van der Waals surface area contributed by atoms with Crippen molar-refractivity contribution in [1.29, 1.82) is 0 Å². The van der Waals surface area contributed by atoms with E-state index < -0.39 is 0 Å². The third-order valence-corrected chi connectivity index (χ3v) is 3.22. The van der Waals surface area contributed by atoms with Gasteiger partial charge in [-0.1, -0.05) is 23.7 Å². The zero-order valence-corrected chi connectivity index (χ0v) is 12.1. The van der Waals surface area contributed by atoms with E-state index in [9.17, 15) is 4.79 Å². The lowest BCUT2D eigenvalue weighted by Gasteiger charge is -2.16. The lowest BCUT2D eigenvalue weighted by molar-refractivity contribution is 0.102. The van der Waals surface area contributed by atoms with Crippen LogP contribution in [-0.4, -0.2) is 20.0 Å². The van der Waals surface area contributed by atoms with Crippen LogP contribution in [0.5, 0.6) is 0 Å². The Hall–Kier alpha value is -2.20. The van der Waals surface area contributed by atoms with Crippen molar-refractivity contribution in [2.24, 2.45) is 0 Å².